The molecule has 4 nitrogen and oxygen atoms in total. The van der Waals surface area contributed by atoms with Gasteiger partial charge in [-0.15, -0.1) is 0 Å². The first-order valence-corrected chi connectivity index (χ1v) is 7.67. The third-order valence-electron chi connectivity index (χ3n) is 3.88. The zero-order valence-electron chi connectivity index (χ0n) is 13.3. The maximum absolute atomic E-state index is 12.4. The number of nitrogens with zero attached hydrogens (tertiary/aromatic N) is 1. The minimum atomic E-state index is -4.84. The quantitative estimate of drug-likeness (QED) is 0.860. The first kappa shape index (κ1) is 18.0. The fraction of sp³-hybridized carbons (Fsp3) is 0.412. The normalized spacial score (nSPS) is 16.4. The summed E-state index contributed by atoms with van der Waals surface area (Å²) in [7, 11) is 0. The maximum Gasteiger partial charge on any atom is 0.471 e. The molecule has 0 bridgehead atoms. The van der Waals surface area contributed by atoms with Gasteiger partial charge in [-0.25, -0.2) is 0 Å². The predicted octanol–water partition coefficient (Wildman–Crippen LogP) is 2.68. The van der Waals surface area contributed by atoms with Gasteiger partial charge in [0.25, 0.3) is 0 Å². The molecule has 0 radical (unpaired) electrons. The number of likely N-dealkylation sites (tertiary alicyclic amines) is 1. The van der Waals surface area contributed by atoms with Crippen LogP contribution in [0.25, 0.3) is 6.08 Å². The SMILES string of the molecule is Cc1ccc(/C=C/C(=O)NC2CCN(C(=O)C(F)(F)F)CC2)cc1. The fourth-order valence-electron chi connectivity index (χ4n) is 2.50. The molecule has 1 heterocycles. The van der Waals surface area contributed by atoms with Crippen LogP contribution in [0.2, 0.25) is 0 Å². The fourth-order valence-corrected chi connectivity index (χ4v) is 2.50. The molecule has 24 heavy (non-hydrogen) atoms. The Morgan fingerprint density at radius 1 is 1.17 bits per heavy atom. The molecular weight excluding hydrogens is 321 g/mol. The molecule has 0 aromatic heterocycles. The van der Waals surface area contributed by atoms with Gasteiger partial charge in [-0.1, -0.05) is 29.8 Å². The highest BCUT2D eigenvalue weighted by Crippen LogP contribution is 2.21. The van der Waals surface area contributed by atoms with Crippen molar-refractivity contribution in [1.82, 2.24) is 10.2 Å². The van der Waals surface area contributed by atoms with Gasteiger partial charge in [0, 0.05) is 25.2 Å². The zero-order chi connectivity index (χ0) is 17.7. The van der Waals surface area contributed by atoms with Crippen LogP contribution in [-0.2, 0) is 9.59 Å². The predicted molar refractivity (Wildman–Crippen MR) is 84.0 cm³/mol. The molecule has 1 fully saturated rings. The molecule has 0 saturated carbocycles. The van der Waals surface area contributed by atoms with Crippen molar-refractivity contribution in [3.05, 3.63) is 41.5 Å². The molecule has 1 N–H and O–H groups in total. The summed E-state index contributed by atoms with van der Waals surface area (Å²) in [5.41, 5.74) is 2.01. The van der Waals surface area contributed by atoms with E-state index >= 15 is 0 Å². The van der Waals surface area contributed by atoms with E-state index in [-0.39, 0.29) is 25.0 Å². The van der Waals surface area contributed by atoms with Gasteiger partial charge in [0.05, 0.1) is 0 Å². The van der Waals surface area contributed by atoms with Crippen molar-refractivity contribution in [2.45, 2.75) is 32.0 Å². The molecule has 1 aliphatic heterocycles. The molecule has 0 spiro atoms. The monoisotopic (exact) mass is 340 g/mol. The number of piperidine rings is 1. The van der Waals surface area contributed by atoms with Gasteiger partial charge < -0.3 is 10.2 Å². The number of aryl methyl sites for hydroxylation is 1. The summed E-state index contributed by atoms with van der Waals surface area (Å²) in [5.74, 6) is -2.11. The van der Waals surface area contributed by atoms with E-state index in [0.717, 1.165) is 16.0 Å². The molecule has 2 rings (SSSR count). The van der Waals surface area contributed by atoms with E-state index in [2.05, 4.69) is 5.32 Å². The number of nitrogens with one attached hydrogen (secondary N) is 1. The van der Waals surface area contributed by atoms with Gasteiger partial charge in [-0.3, -0.25) is 9.59 Å². The lowest BCUT2D eigenvalue weighted by Gasteiger charge is -2.32. The largest absolute Gasteiger partial charge is 0.471 e. The average Bonchev–Trinajstić information content (AvgIpc) is 2.53. The summed E-state index contributed by atoms with van der Waals surface area (Å²) in [6.07, 6.45) is -1.14. The van der Waals surface area contributed by atoms with E-state index in [9.17, 15) is 22.8 Å². The number of alkyl halides is 3. The smallest absolute Gasteiger partial charge is 0.350 e. The number of carbonyl (C=O) groups excluding carboxylic acids is 2. The Morgan fingerprint density at radius 2 is 1.75 bits per heavy atom. The van der Waals surface area contributed by atoms with Gasteiger partial charge >= 0.3 is 12.1 Å². The second kappa shape index (κ2) is 7.51. The molecule has 7 heteroatoms. The number of amides is 2. The number of rotatable bonds is 3. The summed E-state index contributed by atoms with van der Waals surface area (Å²) >= 11 is 0. The van der Waals surface area contributed by atoms with Crippen LogP contribution in [0, 0.1) is 6.92 Å². The summed E-state index contributed by atoms with van der Waals surface area (Å²) in [4.78, 5) is 23.8. The molecule has 0 atom stereocenters. The van der Waals surface area contributed by atoms with Crippen LogP contribution < -0.4 is 5.32 Å². The summed E-state index contributed by atoms with van der Waals surface area (Å²) in [6.45, 7) is 1.95. The van der Waals surface area contributed by atoms with Crippen LogP contribution in [-0.4, -0.2) is 42.0 Å². The lowest BCUT2D eigenvalue weighted by Crippen LogP contribution is -2.49. The van der Waals surface area contributed by atoms with Crippen molar-refractivity contribution in [2.24, 2.45) is 0 Å². The number of hydrogen-bond acceptors (Lipinski definition) is 2. The van der Waals surface area contributed by atoms with Crippen molar-refractivity contribution < 1.29 is 22.8 Å². The Labute approximate surface area is 138 Å². The van der Waals surface area contributed by atoms with Crippen LogP contribution >= 0.6 is 0 Å². The minimum Gasteiger partial charge on any atom is -0.350 e. The first-order valence-electron chi connectivity index (χ1n) is 7.67. The molecule has 1 aliphatic rings. The second-order valence-electron chi connectivity index (χ2n) is 5.82. The summed E-state index contributed by atoms with van der Waals surface area (Å²) in [6, 6.07) is 7.42. The van der Waals surface area contributed by atoms with Crippen LogP contribution in [0.4, 0.5) is 13.2 Å². The topological polar surface area (TPSA) is 49.4 Å². The summed E-state index contributed by atoms with van der Waals surface area (Å²) < 4.78 is 37.1. The van der Waals surface area contributed by atoms with Gasteiger partial charge in [0.1, 0.15) is 0 Å². The molecule has 1 aromatic rings. The summed E-state index contributed by atoms with van der Waals surface area (Å²) in [5, 5.41) is 2.75. The highest BCUT2D eigenvalue weighted by molar-refractivity contribution is 5.92. The zero-order valence-corrected chi connectivity index (χ0v) is 13.3. The van der Waals surface area contributed by atoms with E-state index in [1.54, 1.807) is 6.08 Å². The standard InChI is InChI=1S/C17H19F3N2O2/c1-12-2-4-13(5-3-12)6-7-15(23)21-14-8-10-22(11-9-14)16(24)17(18,19)20/h2-7,14H,8-11H2,1H3,(H,21,23)/b7-6+. The van der Waals surface area contributed by atoms with Gasteiger partial charge in [-0.2, -0.15) is 13.2 Å². The van der Waals surface area contributed by atoms with Crippen molar-refractivity contribution in [3.63, 3.8) is 0 Å². The lowest BCUT2D eigenvalue weighted by atomic mass is 10.0. The Kier molecular flexibility index (Phi) is 5.64. The Bertz CT molecular complexity index is 616. The molecule has 130 valence electrons. The van der Waals surface area contributed by atoms with Gasteiger partial charge in [-0.05, 0) is 31.4 Å². The molecule has 1 aromatic carbocycles. The van der Waals surface area contributed by atoms with Crippen LogP contribution in [0.5, 0.6) is 0 Å². The first-order chi connectivity index (χ1) is 11.3. The lowest BCUT2D eigenvalue weighted by molar-refractivity contribution is -0.186. The van der Waals surface area contributed by atoms with E-state index in [4.69, 9.17) is 0 Å². The van der Waals surface area contributed by atoms with Crippen molar-refractivity contribution in [3.8, 4) is 0 Å². The van der Waals surface area contributed by atoms with Crippen LogP contribution in [0.3, 0.4) is 0 Å². The third-order valence-corrected chi connectivity index (χ3v) is 3.88. The molecule has 2 amide bonds. The second-order valence-corrected chi connectivity index (χ2v) is 5.82. The highest BCUT2D eigenvalue weighted by atomic mass is 19.4. The minimum absolute atomic E-state index is 0.00896. The van der Waals surface area contributed by atoms with E-state index in [0.29, 0.717) is 12.8 Å². The number of carbonyl (C=O) groups is 2. The average molecular weight is 340 g/mol. The van der Waals surface area contributed by atoms with Gasteiger partial charge in [0.15, 0.2) is 0 Å². The van der Waals surface area contributed by atoms with Crippen molar-refractivity contribution >= 4 is 17.9 Å². The van der Waals surface area contributed by atoms with Crippen LogP contribution in [0.15, 0.2) is 30.3 Å². The van der Waals surface area contributed by atoms with E-state index in [1.165, 1.54) is 6.08 Å². The molecule has 0 unspecified atom stereocenters. The van der Waals surface area contributed by atoms with E-state index in [1.807, 2.05) is 31.2 Å². The number of benzene rings is 1. The number of hydrogen-bond donors (Lipinski definition) is 1. The van der Waals surface area contributed by atoms with Crippen molar-refractivity contribution in [1.29, 1.82) is 0 Å². The van der Waals surface area contributed by atoms with Gasteiger partial charge in [0.2, 0.25) is 5.91 Å². The highest BCUT2D eigenvalue weighted by Gasteiger charge is 2.43. The van der Waals surface area contributed by atoms with E-state index < -0.39 is 12.1 Å². The molecular formula is C17H19F3N2O2. The van der Waals surface area contributed by atoms with Crippen LogP contribution in [0.1, 0.15) is 24.0 Å². The molecule has 0 aliphatic carbocycles. The Morgan fingerprint density at radius 3 is 2.29 bits per heavy atom. The molecule has 1 saturated heterocycles. The Hall–Kier alpha value is -2.31. The number of halogens is 3. The van der Waals surface area contributed by atoms with Crippen molar-refractivity contribution in [2.75, 3.05) is 13.1 Å². The maximum atomic E-state index is 12.4. The third kappa shape index (κ3) is 5.11. The Balaban J connectivity index is 1.80.